The third-order valence-electron chi connectivity index (χ3n) is 12.7. The molecule has 0 aromatic heterocycles. The molecule has 3 aliphatic rings. The molecule has 3 aliphatic heterocycles. The summed E-state index contributed by atoms with van der Waals surface area (Å²) >= 11 is 0. The van der Waals surface area contributed by atoms with E-state index in [1.165, 1.54) is 50.0 Å². The monoisotopic (exact) mass is 774 g/mol. The average Bonchev–Trinajstić information content (AvgIpc) is 3.26. The van der Waals surface area contributed by atoms with Crippen molar-refractivity contribution in [1.82, 2.24) is 0 Å². The van der Waals surface area contributed by atoms with Gasteiger partial charge in [0.1, 0.15) is 11.5 Å². The molecule has 290 valence electrons. The van der Waals surface area contributed by atoms with E-state index in [-0.39, 0.29) is 17.5 Å². The molecular formula is C56H47BN2O. The number of nitrogens with zero attached hydrogens (tertiary/aromatic N) is 2. The fourth-order valence-electron chi connectivity index (χ4n) is 9.61. The highest BCUT2D eigenvalue weighted by Gasteiger charge is 2.49. The molecule has 4 heteroatoms. The van der Waals surface area contributed by atoms with Crippen LogP contribution in [-0.4, -0.2) is 6.71 Å². The van der Waals surface area contributed by atoms with Gasteiger partial charge in [0.15, 0.2) is 0 Å². The molecule has 0 atom stereocenters. The highest BCUT2D eigenvalue weighted by molar-refractivity contribution is 7.01. The number of hydrogen-bond donors (Lipinski definition) is 0. The van der Waals surface area contributed by atoms with Gasteiger partial charge < -0.3 is 14.5 Å². The number of rotatable bonds is 5. The van der Waals surface area contributed by atoms with E-state index in [0.29, 0.717) is 0 Å². The zero-order chi connectivity index (χ0) is 40.9. The Labute approximate surface area is 354 Å². The molecule has 0 amide bonds. The standard InChI is InChI=1S/C56H47BN2O/c1-55(2,3)42-22-26-44(27-23-42)58-46-30-39(36-16-10-7-11-17-36)31-47-52(46)57-53-48(58)32-40(37-18-12-8-13-19-37)34-50(53)60-51-35-41(38-20-14-9-15-21-38)33-49(54(51)57)59(47)45-28-24-43(25-29-45)56(4,5)6/h7-35H,1-6H3. The molecule has 3 nitrogen and oxygen atoms in total. The lowest BCUT2D eigenvalue weighted by atomic mass is 9.32. The summed E-state index contributed by atoms with van der Waals surface area (Å²) in [5.74, 6) is 1.81. The molecule has 0 aliphatic carbocycles. The van der Waals surface area contributed by atoms with Crippen LogP contribution in [0, 0.1) is 0 Å². The molecule has 0 saturated heterocycles. The topological polar surface area (TPSA) is 15.7 Å². The van der Waals surface area contributed by atoms with Crippen molar-refractivity contribution in [1.29, 1.82) is 0 Å². The summed E-state index contributed by atoms with van der Waals surface area (Å²) in [6.45, 7) is 13.6. The molecule has 0 radical (unpaired) electrons. The van der Waals surface area contributed by atoms with E-state index in [0.717, 1.165) is 56.5 Å². The van der Waals surface area contributed by atoms with E-state index < -0.39 is 0 Å². The van der Waals surface area contributed by atoms with Crippen molar-refractivity contribution in [2.24, 2.45) is 0 Å². The first kappa shape index (κ1) is 36.3. The lowest BCUT2D eigenvalue weighted by Crippen LogP contribution is -2.63. The lowest BCUT2D eigenvalue weighted by molar-refractivity contribution is 0.488. The van der Waals surface area contributed by atoms with Crippen LogP contribution < -0.4 is 30.9 Å². The maximum atomic E-state index is 7.31. The van der Waals surface area contributed by atoms with Crippen molar-refractivity contribution in [3.8, 4) is 44.9 Å². The summed E-state index contributed by atoms with van der Waals surface area (Å²) in [5.41, 5.74) is 20.2. The molecule has 8 aromatic carbocycles. The lowest BCUT2D eigenvalue weighted by Gasteiger charge is -2.47. The largest absolute Gasteiger partial charge is 0.458 e. The number of hydrogen-bond acceptors (Lipinski definition) is 3. The molecular weight excluding hydrogens is 727 g/mol. The molecule has 3 heterocycles. The summed E-state index contributed by atoms with van der Waals surface area (Å²) in [6.07, 6.45) is 0. The second-order valence-electron chi connectivity index (χ2n) is 18.6. The molecule has 0 unspecified atom stereocenters. The maximum absolute atomic E-state index is 7.31. The SMILES string of the molecule is CC(C)(C)c1ccc(N2c3cc(-c4ccccc4)cc4c3B3c5c(cc(-c6ccccc6)cc5N(c5ccc(C(C)(C)C)cc5)c5cc(-c6ccccc6)cc2c53)O4)cc1. The van der Waals surface area contributed by atoms with Crippen LogP contribution >= 0.6 is 0 Å². The van der Waals surface area contributed by atoms with Gasteiger partial charge in [0, 0.05) is 34.1 Å². The molecule has 0 N–H and O–H groups in total. The summed E-state index contributed by atoms with van der Waals surface area (Å²) in [5, 5.41) is 0. The second-order valence-corrected chi connectivity index (χ2v) is 18.6. The Morgan fingerprint density at radius 2 is 0.667 bits per heavy atom. The molecule has 0 fully saturated rings. The Bertz CT molecular complexity index is 2770. The fraction of sp³-hybridized carbons (Fsp3) is 0.143. The van der Waals surface area contributed by atoms with E-state index in [1.54, 1.807) is 0 Å². The Morgan fingerprint density at radius 1 is 0.350 bits per heavy atom. The van der Waals surface area contributed by atoms with Crippen molar-refractivity contribution >= 4 is 57.2 Å². The van der Waals surface area contributed by atoms with Crippen LogP contribution in [0.15, 0.2) is 176 Å². The minimum atomic E-state index is -0.0478. The Kier molecular flexibility index (Phi) is 8.09. The van der Waals surface area contributed by atoms with Crippen molar-refractivity contribution in [3.63, 3.8) is 0 Å². The van der Waals surface area contributed by atoms with Gasteiger partial charge in [0.25, 0.3) is 6.71 Å². The number of benzene rings is 8. The van der Waals surface area contributed by atoms with E-state index >= 15 is 0 Å². The Morgan fingerprint density at radius 3 is 1.00 bits per heavy atom. The second kappa shape index (κ2) is 13.4. The summed E-state index contributed by atoms with van der Waals surface area (Å²) in [6, 6.07) is 65.0. The minimum Gasteiger partial charge on any atom is -0.458 e. The quantitative estimate of drug-likeness (QED) is 0.162. The van der Waals surface area contributed by atoms with Gasteiger partial charge in [0.2, 0.25) is 0 Å². The van der Waals surface area contributed by atoms with Gasteiger partial charge in [0.05, 0.1) is 0 Å². The van der Waals surface area contributed by atoms with E-state index in [9.17, 15) is 0 Å². The number of anilines is 6. The average molecular weight is 775 g/mol. The van der Waals surface area contributed by atoms with Crippen molar-refractivity contribution in [2.45, 2.75) is 52.4 Å². The van der Waals surface area contributed by atoms with E-state index in [1.807, 2.05) is 0 Å². The minimum absolute atomic E-state index is 0.0277. The van der Waals surface area contributed by atoms with E-state index in [4.69, 9.17) is 4.74 Å². The molecule has 0 saturated carbocycles. The third-order valence-corrected chi connectivity index (χ3v) is 12.7. The van der Waals surface area contributed by atoms with Gasteiger partial charge in [-0.3, -0.25) is 0 Å². The van der Waals surface area contributed by atoms with Gasteiger partial charge in [-0.1, -0.05) is 157 Å². The van der Waals surface area contributed by atoms with Crippen LogP contribution in [0.5, 0.6) is 11.5 Å². The highest BCUT2D eigenvalue weighted by atomic mass is 16.5. The molecule has 60 heavy (non-hydrogen) atoms. The fourth-order valence-corrected chi connectivity index (χ4v) is 9.61. The molecule has 11 rings (SSSR count). The van der Waals surface area contributed by atoms with Crippen LogP contribution in [-0.2, 0) is 10.8 Å². The van der Waals surface area contributed by atoms with Gasteiger partial charge in [-0.15, -0.1) is 0 Å². The third kappa shape index (κ3) is 5.80. The molecule has 0 spiro atoms. The maximum Gasteiger partial charge on any atom is 0.261 e. The van der Waals surface area contributed by atoms with Crippen LogP contribution in [0.25, 0.3) is 33.4 Å². The number of ether oxygens (including phenoxy) is 1. The van der Waals surface area contributed by atoms with Crippen LogP contribution in [0.1, 0.15) is 52.7 Å². The summed E-state index contributed by atoms with van der Waals surface area (Å²) in [4.78, 5) is 5.02. The van der Waals surface area contributed by atoms with E-state index in [2.05, 4.69) is 227 Å². The van der Waals surface area contributed by atoms with Crippen LogP contribution in [0.2, 0.25) is 0 Å². The Balaban J connectivity index is 1.26. The van der Waals surface area contributed by atoms with Gasteiger partial charge >= 0.3 is 0 Å². The smallest absolute Gasteiger partial charge is 0.261 e. The molecule has 0 bridgehead atoms. The van der Waals surface area contributed by atoms with Crippen LogP contribution in [0.4, 0.5) is 34.1 Å². The first-order chi connectivity index (χ1) is 29.0. The van der Waals surface area contributed by atoms with Crippen LogP contribution in [0.3, 0.4) is 0 Å². The van der Waals surface area contributed by atoms with Gasteiger partial charge in [-0.05, 0) is 132 Å². The van der Waals surface area contributed by atoms with Gasteiger partial charge in [-0.25, -0.2) is 0 Å². The van der Waals surface area contributed by atoms with Crippen molar-refractivity contribution in [2.75, 3.05) is 9.80 Å². The zero-order valence-corrected chi connectivity index (χ0v) is 35.1. The highest BCUT2D eigenvalue weighted by Crippen LogP contribution is 2.51. The van der Waals surface area contributed by atoms with Crippen molar-refractivity contribution < 1.29 is 4.74 Å². The predicted molar refractivity (Wildman–Crippen MR) is 254 cm³/mol. The normalized spacial score (nSPS) is 13.5. The van der Waals surface area contributed by atoms with Crippen molar-refractivity contribution in [3.05, 3.63) is 187 Å². The Hall–Kier alpha value is -6.78. The first-order valence-corrected chi connectivity index (χ1v) is 21.2. The summed E-state index contributed by atoms with van der Waals surface area (Å²) in [7, 11) is 0. The summed E-state index contributed by atoms with van der Waals surface area (Å²) < 4.78 is 7.31. The predicted octanol–water partition coefficient (Wildman–Crippen LogP) is 13.5. The van der Waals surface area contributed by atoms with Gasteiger partial charge in [-0.2, -0.15) is 0 Å². The molecule has 8 aromatic rings. The first-order valence-electron chi connectivity index (χ1n) is 21.2. The zero-order valence-electron chi connectivity index (χ0n) is 35.1.